The van der Waals surface area contributed by atoms with Crippen LogP contribution >= 0.6 is 0 Å². The third-order valence-corrected chi connectivity index (χ3v) is 7.14. The van der Waals surface area contributed by atoms with Crippen molar-refractivity contribution in [2.75, 3.05) is 6.61 Å². The van der Waals surface area contributed by atoms with Gasteiger partial charge in [0, 0.05) is 12.5 Å². The zero-order valence-electron chi connectivity index (χ0n) is 21.2. The van der Waals surface area contributed by atoms with Gasteiger partial charge in [0.15, 0.2) is 17.6 Å². The molecule has 7 atom stereocenters. The fourth-order valence-electron chi connectivity index (χ4n) is 5.25. The summed E-state index contributed by atoms with van der Waals surface area (Å²) in [5.41, 5.74) is 4.14. The van der Waals surface area contributed by atoms with Gasteiger partial charge in [0.2, 0.25) is 6.29 Å². The van der Waals surface area contributed by atoms with E-state index in [9.17, 15) is 20.1 Å². The molecule has 0 radical (unpaired) electrons. The molecule has 1 heterocycles. The van der Waals surface area contributed by atoms with Gasteiger partial charge < -0.3 is 29.5 Å². The molecule has 0 saturated carbocycles. The molecule has 0 amide bonds. The highest BCUT2D eigenvalue weighted by atomic mass is 16.7. The van der Waals surface area contributed by atoms with Gasteiger partial charge in [0.25, 0.3) is 0 Å². The number of rotatable bonds is 7. The lowest BCUT2D eigenvalue weighted by atomic mass is 9.70. The Labute approximate surface area is 202 Å². The van der Waals surface area contributed by atoms with E-state index in [0.29, 0.717) is 11.8 Å². The second-order valence-corrected chi connectivity index (χ2v) is 10.2. The molecule has 0 bridgehead atoms. The Morgan fingerprint density at radius 2 is 1.97 bits per heavy atom. The first-order valence-electron chi connectivity index (χ1n) is 12.3. The van der Waals surface area contributed by atoms with Crippen molar-refractivity contribution >= 4 is 5.97 Å². The van der Waals surface area contributed by atoms with Crippen LogP contribution in [0.2, 0.25) is 0 Å². The van der Waals surface area contributed by atoms with Crippen LogP contribution < -0.4 is 4.74 Å². The van der Waals surface area contributed by atoms with E-state index in [1.54, 1.807) is 0 Å². The summed E-state index contributed by atoms with van der Waals surface area (Å²) in [6.07, 6.45) is 1.54. The highest BCUT2D eigenvalue weighted by Gasteiger charge is 2.43. The van der Waals surface area contributed by atoms with Crippen LogP contribution in [0, 0.1) is 12.8 Å². The van der Waals surface area contributed by atoms with E-state index in [4.69, 9.17) is 14.2 Å². The number of aromatic hydroxyl groups is 1. The topological polar surface area (TPSA) is 105 Å². The van der Waals surface area contributed by atoms with Crippen molar-refractivity contribution in [3.8, 4) is 11.5 Å². The lowest BCUT2D eigenvalue weighted by Gasteiger charge is -2.38. The van der Waals surface area contributed by atoms with Gasteiger partial charge in [-0.25, -0.2) is 0 Å². The Morgan fingerprint density at radius 3 is 2.62 bits per heavy atom. The molecule has 2 aliphatic rings. The van der Waals surface area contributed by atoms with Crippen LogP contribution in [0.25, 0.3) is 0 Å². The highest BCUT2D eigenvalue weighted by Crippen LogP contribution is 2.51. The number of ether oxygens (including phenoxy) is 3. The first-order valence-corrected chi connectivity index (χ1v) is 12.3. The number of hydrogen-bond acceptors (Lipinski definition) is 7. The molecule has 3 N–H and O–H groups in total. The minimum atomic E-state index is -1.35. The van der Waals surface area contributed by atoms with Crippen molar-refractivity contribution in [2.24, 2.45) is 5.92 Å². The molecule has 7 nitrogen and oxygen atoms in total. The van der Waals surface area contributed by atoms with Gasteiger partial charge in [0.1, 0.15) is 12.2 Å². The Morgan fingerprint density at radius 1 is 1.26 bits per heavy atom. The number of carbonyl (C=O) groups is 1. The van der Waals surface area contributed by atoms with Gasteiger partial charge in [-0.2, -0.15) is 0 Å². The van der Waals surface area contributed by atoms with Crippen molar-refractivity contribution in [3.63, 3.8) is 0 Å². The Bertz CT molecular complexity index is 905. The summed E-state index contributed by atoms with van der Waals surface area (Å²) >= 11 is 0. The van der Waals surface area contributed by atoms with Crippen LogP contribution in [0.3, 0.4) is 0 Å². The first kappa shape index (κ1) is 26.5. The number of phenols is 1. The number of benzene rings is 1. The molecule has 190 valence electrons. The van der Waals surface area contributed by atoms with E-state index in [1.807, 2.05) is 6.92 Å². The SMILES string of the molecule is CC(=O)O[C@@H]1[C@@H](Oc2c(C)cc3c(c2O)[C@@H](C)CC[C@@H]3[C@@H](C)CCC=C(C)C)OC[C@@H](O)[C@H]1O. The number of fused-ring (bicyclic) bond motifs is 1. The molecular formula is C27H40O7. The maximum Gasteiger partial charge on any atom is 0.303 e. The van der Waals surface area contributed by atoms with Crippen LogP contribution in [0.5, 0.6) is 11.5 Å². The minimum Gasteiger partial charge on any atom is -0.504 e. The summed E-state index contributed by atoms with van der Waals surface area (Å²) in [6.45, 7) is 11.5. The average Bonchev–Trinajstić information content (AvgIpc) is 2.75. The Kier molecular flexibility index (Phi) is 8.66. The molecule has 1 aliphatic heterocycles. The number of phenolic OH excluding ortho intramolecular Hbond substituents is 1. The molecule has 3 rings (SSSR count). The predicted molar refractivity (Wildman–Crippen MR) is 129 cm³/mol. The lowest BCUT2D eigenvalue weighted by Crippen LogP contribution is -2.56. The van der Waals surface area contributed by atoms with Crippen molar-refractivity contribution in [1.82, 2.24) is 0 Å². The second kappa shape index (κ2) is 11.1. The van der Waals surface area contributed by atoms with Gasteiger partial charge >= 0.3 is 5.97 Å². The average molecular weight is 477 g/mol. The fraction of sp³-hybridized carbons (Fsp3) is 0.667. The highest BCUT2D eigenvalue weighted by molar-refractivity contribution is 5.66. The number of aryl methyl sites for hydroxylation is 1. The van der Waals surface area contributed by atoms with Crippen LogP contribution in [0.1, 0.15) is 88.8 Å². The van der Waals surface area contributed by atoms with E-state index >= 15 is 0 Å². The van der Waals surface area contributed by atoms with E-state index in [-0.39, 0.29) is 24.0 Å². The summed E-state index contributed by atoms with van der Waals surface area (Å²) in [7, 11) is 0. The molecule has 1 fully saturated rings. The molecule has 1 aromatic carbocycles. The number of carbonyl (C=O) groups excluding carboxylic acids is 1. The van der Waals surface area contributed by atoms with Crippen molar-refractivity contribution < 1.29 is 34.3 Å². The molecule has 0 aromatic heterocycles. The molecule has 0 unspecified atom stereocenters. The number of aliphatic hydroxyl groups is 2. The van der Waals surface area contributed by atoms with Crippen LogP contribution in [-0.4, -0.2) is 52.5 Å². The lowest BCUT2D eigenvalue weighted by molar-refractivity contribution is -0.250. The fourth-order valence-corrected chi connectivity index (χ4v) is 5.25. The third kappa shape index (κ3) is 5.75. The summed E-state index contributed by atoms with van der Waals surface area (Å²) in [6, 6.07) is 2.09. The molecule has 0 spiro atoms. The molecule has 7 heteroatoms. The monoisotopic (exact) mass is 476 g/mol. The van der Waals surface area contributed by atoms with Crippen molar-refractivity contribution in [3.05, 3.63) is 34.4 Å². The molecule has 34 heavy (non-hydrogen) atoms. The normalized spacial score (nSPS) is 29.6. The summed E-state index contributed by atoms with van der Waals surface area (Å²) in [5, 5.41) is 31.6. The quantitative estimate of drug-likeness (QED) is 0.394. The van der Waals surface area contributed by atoms with Gasteiger partial charge in [-0.3, -0.25) is 4.79 Å². The Hall–Kier alpha value is -2.09. The molecular weight excluding hydrogens is 436 g/mol. The zero-order valence-corrected chi connectivity index (χ0v) is 21.2. The number of aliphatic hydroxyl groups excluding tert-OH is 2. The molecule has 1 aromatic rings. The summed E-state index contributed by atoms with van der Waals surface area (Å²) in [4.78, 5) is 11.6. The van der Waals surface area contributed by atoms with Crippen molar-refractivity contribution in [2.45, 2.75) is 104 Å². The molecule has 1 saturated heterocycles. The van der Waals surface area contributed by atoms with Gasteiger partial charge in [0.05, 0.1) is 6.61 Å². The third-order valence-electron chi connectivity index (χ3n) is 7.14. The summed E-state index contributed by atoms with van der Waals surface area (Å²) < 4.78 is 16.8. The Balaban J connectivity index is 1.90. The smallest absolute Gasteiger partial charge is 0.303 e. The maximum atomic E-state index is 11.6. The van der Waals surface area contributed by atoms with E-state index in [0.717, 1.165) is 36.8 Å². The van der Waals surface area contributed by atoms with E-state index in [1.165, 1.54) is 18.1 Å². The van der Waals surface area contributed by atoms with E-state index in [2.05, 4.69) is 39.8 Å². The maximum absolute atomic E-state index is 11.6. The van der Waals surface area contributed by atoms with Crippen LogP contribution in [0.4, 0.5) is 0 Å². The largest absolute Gasteiger partial charge is 0.504 e. The minimum absolute atomic E-state index is 0.0782. The van der Waals surface area contributed by atoms with Gasteiger partial charge in [-0.1, -0.05) is 31.6 Å². The number of allylic oxidation sites excluding steroid dienone is 2. The van der Waals surface area contributed by atoms with E-state index < -0.39 is 30.6 Å². The molecule has 1 aliphatic carbocycles. The first-order chi connectivity index (χ1) is 16.0. The predicted octanol–water partition coefficient (Wildman–Crippen LogP) is 4.45. The standard InChI is InChI=1S/C27H40O7/c1-14(2)8-7-9-15(3)19-11-10-16(4)22-20(19)12-17(5)25(24(22)31)34-27-26(33-18(6)28)23(30)21(29)13-32-27/h8,12,15-16,19,21,23,26-27,29-31H,7,9-11,13H2,1-6H3/t15-,16-,19+,21+,23+,26-,27+/m0/s1. The number of hydrogen-bond donors (Lipinski definition) is 3. The van der Waals surface area contributed by atoms with Gasteiger partial charge in [-0.15, -0.1) is 0 Å². The summed E-state index contributed by atoms with van der Waals surface area (Å²) in [5.74, 6) is 0.707. The van der Waals surface area contributed by atoms with Crippen molar-refractivity contribution in [1.29, 1.82) is 0 Å². The van der Waals surface area contributed by atoms with Crippen LogP contribution in [0.15, 0.2) is 17.7 Å². The zero-order chi connectivity index (χ0) is 25.2. The number of esters is 1. The van der Waals surface area contributed by atoms with Crippen LogP contribution in [-0.2, 0) is 14.3 Å². The van der Waals surface area contributed by atoms with Gasteiger partial charge in [-0.05, 0) is 75.3 Å². The second-order valence-electron chi connectivity index (χ2n) is 10.2.